The Balaban J connectivity index is 0.00000112. The predicted molar refractivity (Wildman–Crippen MR) is 49.1 cm³/mol. The maximum absolute atomic E-state index is 10.6. The molecule has 2 rings (SSSR count). The first-order valence-electron chi connectivity index (χ1n) is 3.37. The van der Waals surface area contributed by atoms with Gasteiger partial charge < -0.3 is 4.98 Å². The number of fused-ring (bicyclic) bond motifs is 1. The van der Waals surface area contributed by atoms with Crippen molar-refractivity contribution in [1.82, 2.24) is 19.9 Å². The van der Waals surface area contributed by atoms with E-state index in [2.05, 4.69) is 19.9 Å². The van der Waals surface area contributed by atoms with Crippen LogP contribution >= 0.6 is 10.8 Å². The molecule has 10 heteroatoms. The molecule has 0 radical (unpaired) electrons. The molecule has 0 aromatic carbocycles. The van der Waals surface area contributed by atoms with Gasteiger partial charge in [0.05, 0.1) is 17.1 Å². The van der Waals surface area contributed by atoms with Gasteiger partial charge in [-0.25, -0.2) is 15.0 Å². The van der Waals surface area contributed by atoms with Crippen molar-refractivity contribution in [1.29, 1.82) is 0 Å². The molecule has 0 saturated carbocycles. The van der Waals surface area contributed by atoms with Crippen LogP contribution in [0.3, 0.4) is 0 Å². The molecule has 0 aliphatic carbocycles. The van der Waals surface area contributed by atoms with Crippen LogP contribution in [-0.4, -0.2) is 32.9 Å². The van der Waals surface area contributed by atoms with Crippen molar-refractivity contribution in [2.75, 3.05) is 0 Å². The van der Waals surface area contributed by atoms with Crippen LogP contribution in [0.4, 0.5) is 0 Å². The summed E-state index contributed by atoms with van der Waals surface area (Å²) in [7, 11) is -3.93. The number of aromatic nitrogens is 4. The zero-order chi connectivity index (χ0) is 10.2. The number of H-pyrrole nitrogens is 1. The Kier molecular flexibility index (Phi) is 4.09. The standard InChI is InChI=1S/C5H4N4O3S2.Na/c10-14(11,12)13-5-3-4(7-1-6-3)8-2-9-5;/h1-2H,(H,10,11,12)(H,6,7,8,9);/q;+1. The van der Waals surface area contributed by atoms with Gasteiger partial charge in [0.2, 0.25) is 0 Å². The van der Waals surface area contributed by atoms with Crippen LogP contribution in [0, 0.1) is 0 Å². The van der Waals surface area contributed by atoms with E-state index < -0.39 is 9.15 Å². The number of imidazole rings is 1. The van der Waals surface area contributed by atoms with Gasteiger partial charge in [-0.2, -0.15) is 8.42 Å². The summed E-state index contributed by atoms with van der Waals surface area (Å²) in [5.41, 5.74) is 0.737. The Hall–Kier alpha value is -0.190. The van der Waals surface area contributed by atoms with Crippen molar-refractivity contribution in [2.45, 2.75) is 5.03 Å². The number of rotatable bonds is 2. The molecule has 0 fully saturated rings. The summed E-state index contributed by atoms with van der Waals surface area (Å²) in [6, 6.07) is 0. The van der Waals surface area contributed by atoms with Gasteiger partial charge in [0.25, 0.3) is 0 Å². The number of hydrogen-bond acceptors (Lipinski definition) is 6. The molecule has 2 aromatic rings. The third-order valence-corrected chi connectivity index (χ3v) is 3.16. The summed E-state index contributed by atoms with van der Waals surface area (Å²) in [6.07, 6.45) is 2.55. The van der Waals surface area contributed by atoms with Gasteiger partial charge in [0.1, 0.15) is 16.9 Å². The van der Waals surface area contributed by atoms with Gasteiger partial charge in [-0.3, -0.25) is 4.55 Å². The normalized spacial score (nSPS) is 11.3. The van der Waals surface area contributed by atoms with E-state index in [-0.39, 0.29) is 45.4 Å². The molecule has 74 valence electrons. The molecular formula is C5H4N4NaO3S2+. The van der Waals surface area contributed by atoms with Gasteiger partial charge in [0.15, 0.2) is 5.65 Å². The molecule has 0 amide bonds. The first-order valence-corrected chi connectivity index (χ1v) is 6.14. The second kappa shape index (κ2) is 4.76. The van der Waals surface area contributed by atoms with E-state index in [1.807, 2.05) is 0 Å². The molecule has 0 spiro atoms. The summed E-state index contributed by atoms with van der Waals surface area (Å²) in [5.74, 6) is 0. The van der Waals surface area contributed by atoms with Crippen LogP contribution in [0.15, 0.2) is 17.7 Å². The van der Waals surface area contributed by atoms with Crippen molar-refractivity contribution in [3.63, 3.8) is 0 Å². The van der Waals surface area contributed by atoms with Crippen molar-refractivity contribution in [2.24, 2.45) is 0 Å². The first kappa shape index (κ1) is 12.9. The second-order valence-corrected chi connectivity index (χ2v) is 5.46. The molecule has 0 aliphatic rings. The van der Waals surface area contributed by atoms with Crippen LogP contribution in [0.5, 0.6) is 0 Å². The molecule has 2 aromatic heterocycles. The molecule has 15 heavy (non-hydrogen) atoms. The van der Waals surface area contributed by atoms with Crippen molar-refractivity contribution in [3.05, 3.63) is 12.7 Å². The molecule has 0 saturated heterocycles. The Labute approximate surface area is 111 Å². The zero-order valence-electron chi connectivity index (χ0n) is 7.58. The molecule has 0 aliphatic heterocycles. The Morgan fingerprint density at radius 2 is 2.07 bits per heavy atom. The van der Waals surface area contributed by atoms with Crippen LogP contribution in [0.1, 0.15) is 0 Å². The maximum atomic E-state index is 10.6. The zero-order valence-corrected chi connectivity index (χ0v) is 11.2. The van der Waals surface area contributed by atoms with E-state index in [1.165, 1.54) is 12.7 Å². The third-order valence-electron chi connectivity index (χ3n) is 1.37. The molecular weight excluding hydrogens is 251 g/mol. The Morgan fingerprint density at radius 1 is 1.33 bits per heavy atom. The summed E-state index contributed by atoms with van der Waals surface area (Å²) in [5, 5.41) is 0.120. The third kappa shape index (κ3) is 3.13. The van der Waals surface area contributed by atoms with Crippen LogP contribution in [-0.2, 0) is 9.15 Å². The van der Waals surface area contributed by atoms with Gasteiger partial charge in [-0.15, -0.1) is 0 Å². The van der Waals surface area contributed by atoms with E-state index in [0.29, 0.717) is 11.2 Å². The van der Waals surface area contributed by atoms with Gasteiger partial charge >= 0.3 is 38.7 Å². The Bertz CT molecular complexity index is 568. The van der Waals surface area contributed by atoms with Crippen LogP contribution in [0.25, 0.3) is 11.2 Å². The fourth-order valence-corrected chi connectivity index (χ4v) is 2.41. The van der Waals surface area contributed by atoms with Crippen molar-refractivity contribution >= 4 is 31.1 Å². The topological polar surface area (TPSA) is 109 Å². The smallest absolute Gasteiger partial charge is 0.341 e. The fraction of sp³-hybridized carbons (Fsp3) is 0. The van der Waals surface area contributed by atoms with E-state index >= 15 is 0 Å². The number of nitrogens with zero attached hydrogens (tertiary/aromatic N) is 3. The van der Waals surface area contributed by atoms with E-state index in [4.69, 9.17) is 4.55 Å². The van der Waals surface area contributed by atoms with Crippen LogP contribution in [0.2, 0.25) is 0 Å². The number of aromatic amines is 1. The van der Waals surface area contributed by atoms with Crippen molar-refractivity contribution < 1.29 is 42.5 Å². The first-order chi connectivity index (χ1) is 6.56. The molecule has 2 heterocycles. The minimum Gasteiger partial charge on any atom is -0.341 e. The molecule has 2 N–H and O–H groups in total. The average Bonchev–Trinajstić information content (AvgIpc) is 2.49. The van der Waals surface area contributed by atoms with Gasteiger partial charge in [0, 0.05) is 0 Å². The quantitative estimate of drug-likeness (QED) is 0.259. The van der Waals surface area contributed by atoms with Crippen LogP contribution < -0.4 is 29.6 Å². The van der Waals surface area contributed by atoms with Crippen molar-refractivity contribution in [3.8, 4) is 0 Å². The average molecular weight is 255 g/mol. The molecule has 0 bridgehead atoms. The summed E-state index contributed by atoms with van der Waals surface area (Å²) in [6.45, 7) is 0. The Morgan fingerprint density at radius 3 is 2.73 bits per heavy atom. The van der Waals surface area contributed by atoms with E-state index in [9.17, 15) is 8.42 Å². The van der Waals surface area contributed by atoms with Gasteiger partial charge in [-0.05, 0) is 0 Å². The molecule has 7 nitrogen and oxygen atoms in total. The molecule has 0 unspecified atom stereocenters. The minimum atomic E-state index is -4.17. The second-order valence-electron chi connectivity index (χ2n) is 2.29. The SMILES string of the molecule is O=S(=O)(O)Sc1ncnc2nc[nH]c12.[Na+]. The number of nitrogens with one attached hydrogen (secondary N) is 1. The fourth-order valence-electron chi connectivity index (χ4n) is 0.906. The molecule has 0 atom stereocenters. The van der Waals surface area contributed by atoms with E-state index in [1.54, 1.807) is 0 Å². The van der Waals surface area contributed by atoms with Gasteiger partial charge in [-0.1, -0.05) is 0 Å². The summed E-state index contributed by atoms with van der Waals surface area (Å²) < 4.78 is 29.8. The minimum absolute atomic E-state index is 0. The van der Waals surface area contributed by atoms with E-state index in [0.717, 1.165) is 0 Å². The predicted octanol–water partition coefficient (Wildman–Crippen LogP) is -2.75. The summed E-state index contributed by atoms with van der Waals surface area (Å²) >= 11 is 0. The maximum Gasteiger partial charge on any atom is 1.00 e. The number of hydrogen-bond donors (Lipinski definition) is 2. The monoisotopic (exact) mass is 255 g/mol. The largest absolute Gasteiger partial charge is 1.00 e. The summed E-state index contributed by atoms with van der Waals surface area (Å²) in [4.78, 5) is 14.0.